The molecule has 1 aliphatic rings. The van der Waals surface area contributed by atoms with E-state index in [9.17, 15) is 4.79 Å². The van der Waals surface area contributed by atoms with E-state index in [0.29, 0.717) is 13.0 Å². The molecule has 0 aromatic carbocycles. The van der Waals surface area contributed by atoms with Crippen molar-refractivity contribution in [1.29, 1.82) is 0 Å². The summed E-state index contributed by atoms with van der Waals surface area (Å²) in [4.78, 5) is 17.2. The number of hydrogen-bond acceptors (Lipinski definition) is 2. The van der Waals surface area contributed by atoms with E-state index >= 15 is 0 Å². The van der Waals surface area contributed by atoms with Crippen molar-refractivity contribution in [2.24, 2.45) is 0 Å². The highest BCUT2D eigenvalue weighted by Crippen LogP contribution is 2.13. The van der Waals surface area contributed by atoms with Crippen molar-refractivity contribution >= 4 is 5.91 Å². The van der Waals surface area contributed by atoms with Crippen molar-refractivity contribution < 1.29 is 9.63 Å². The van der Waals surface area contributed by atoms with Crippen LogP contribution in [0.15, 0.2) is 0 Å². The van der Waals surface area contributed by atoms with Crippen LogP contribution in [0.25, 0.3) is 0 Å². The van der Waals surface area contributed by atoms with Gasteiger partial charge in [-0.05, 0) is 19.3 Å². The molecule has 3 heteroatoms. The maximum atomic E-state index is 11.8. The van der Waals surface area contributed by atoms with Crippen molar-refractivity contribution in [3.05, 3.63) is 0 Å². The molecule has 0 spiro atoms. The smallest absolute Gasteiger partial charge is 0.246 e. The molecule has 0 N–H and O–H groups in total. The minimum absolute atomic E-state index is 0.183. The summed E-state index contributed by atoms with van der Waals surface area (Å²) >= 11 is 0. The van der Waals surface area contributed by atoms with Gasteiger partial charge in [-0.15, -0.1) is 0 Å². The van der Waals surface area contributed by atoms with Gasteiger partial charge in [0.05, 0.1) is 6.61 Å². The quantitative estimate of drug-likeness (QED) is 0.548. The van der Waals surface area contributed by atoms with Crippen LogP contribution in [0.3, 0.4) is 0 Å². The van der Waals surface area contributed by atoms with E-state index in [-0.39, 0.29) is 5.91 Å². The highest BCUT2D eigenvalue weighted by Gasteiger charge is 2.16. The molecular weight excluding hydrogens is 238 g/mol. The van der Waals surface area contributed by atoms with E-state index in [1.165, 1.54) is 51.4 Å². The van der Waals surface area contributed by atoms with Crippen molar-refractivity contribution in [3.63, 3.8) is 0 Å². The molecule has 0 radical (unpaired) electrons. The van der Waals surface area contributed by atoms with Crippen molar-refractivity contribution in [3.8, 4) is 0 Å². The lowest BCUT2D eigenvalue weighted by atomic mass is 10.1. The SMILES string of the molecule is CCCCCCCCCCCC(=O)N1CCCCO1. The molecule has 0 aromatic rings. The number of amides is 1. The summed E-state index contributed by atoms with van der Waals surface area (Å²) < 4.78 is 0. The summed E-state index contributed by atoms with van der Waals surface area (Å²) in [7, 11) is 0. The molecule has 112 valence electrons. The Bertz CT molecular complexity index is 225. The van der Waals surface area contributed by atoms with Crippen LogP contribution in [0.4, 0.5) is 0 Å². The molecule has 0 aromatic heterocycles. The van der Waals surface area contributed by atoms with Gasteiger partial charge in [0.25, 0.3) is 0 Å². The molecule has 19 heavy (non-hydrogen) atoms. The second-order valence-electron chi connectivity index (χ2n) is 5.61. The molecule has 0 saturated carbocycles. The Morgan fingerprint density at radius 2 is 1.58 bits per heavy atom. The lowest BCUT2D eigenvalue weighted by Gasteiger charge is -2.25. The van der Waals surface area contributed by atoms with Crippen LogP contribution >= 0.6 is 0 Å². The largest absolute Gasteiger partial charge is 0.273 e. The van der Waals surface area contributed by atoms with Crippen LogP contribution in [-0.4, -0.2) is 24.1 Å². The second kappa shape index (κ2) is 11.3. The van der Waals surface area contributed by atoms with Gasteiger partial charge in [-0.1, -0.05) is 58.3 Å². The zero-order valence-corrected chi connectivity index (χ0v) is 12.7. The van der Waals surface area contributed by atoms with Crippen molar-refractivity contribution in [2.75, 3.05) is 13.2 Å². The lowest BCUT2D eigenvalue weighted by molar-refractivity contribution is -0.197. The third-order valence-corrected chi connectivity index (χ3v) is 3.78. The fraction of sp³-hybridized carbons (Fsp3) is 0.938. The summed E-state index contributed by atoms with van der Waals surface area (Å²) in [6, 6.07) is 0. The molecule has 1 aliphatic heterocycles. The lowest BCUT2D eigenvalue weighted by Crippen LogP contribution is -2.35. The minimum atomic E-state index is 0.183. The van der Waals surface area contributed by atoms with Gasteiger partial charge in [0.1, 0.15) is 0 Å². The first-order chi connectivity index (χ1) is 9.34. The summed E-state index contributed by atoms with van der Waals surface area (Å²) in [6.45, 7) is 3.75. The molecule has 1 heterocycles. The Hall–Kier alpha value is -0.570. The van der Waals surface area contributed by atoms with Gasteiger partial charge < -0.3 is 0 Å². The van der Waals surface area contributed by atoms with Crippen LogP contribution in [-0.2, 0) is 9.63 Å². The summed E-state index contributed by atoms with van der Waals surface area (Å²) in [6.07, 6.45) is 14.5. The van der Waals surface area contributed by atoms with Gasteiger partial charge >= 0.3 is 0 Å². The Kier molecular flexibility index (Phi) is 9.78. The molecule has 0 atom stereocenters. The first-order valence-corrected chi connectivity index (χ1v) is 8.28. The third kappa shape index (κ3) is 8.25. The first kappa shape index (κ1) is 16.5. The van der Waals surface area contributed by atoms with Gasteiger partial charge in [0.15, 0.2) is 0 Å². The number of rotatable bonds is 10. The van der Waals surface area contributed by atoms with E-state index in [2.05, 4.69) is 6.92 Å². The molecule has 3 nitrogen and oxygen atoms in total. The number of nitrogens with zero attached hydrogens (tertiary/aromatic N) is 1. The molecule has 0 unspecified atom stereocenters. The number of carbonyl (C=O) groups excluding carboxylic acids is 1. The highest BCUT2D eigenvalue weighted by molar-refractivity contribution is 5.75. The Balaban J connectivity index is 1.86. The molecule has 1 fully saturated rings. The van der Waals surface area contributed by atoms with E-state index in [1.807, 2.05) is 0 Å². The normalized spacial score (nSPS) is 15.7. The van der Waals surface area contributed by atoms with Crippen molar-refractivity contribution in [1.82, 2.24) is 5.06 Å². The predicted molar refractivity (Wildman–Crippen MR) is 78.7 cm³/mol. The Labute approximate surface area is 118 Å². The van der Waals surface area contributed by atoms with Crippen LogP contribution in [0, 0.1) is 0 Å². The monoisotopic (exact) mass is 269 g/mol. The first-order valence-electron chi connectivity index (χ1n) is 8.28. The molecule has 0 bridgehead atoms. The number of unbranched alkanes of at least 4 members (excludes halogenated alkanes) is 8. The summed E-state index contributed by atoms with van der Waals surface area (Å²) in [5.74, 6) is 0.183. The van der Waals surface area contributed by atoms with E-state index in [0.717, 1.165) is 25.8 Å². The maximum Gasteiger partial charge on any atom is 0.246 e. The van der Waals surface area contributed by atoms with E-state index in [4.69, 9.17) is 4.84 Å². The molecule has 1 rings (SSSR count). The number of carbonyl (C=O) groups is 1. The molecule has 1 saturated heterocycles. The average molecular weight is 269 g/mol. The van der Waals surface area contributed by atoms with Gasteiger partial charge in [-0.3, -0.25) is 9.63 Å². The zero-order valence-electron chi connectivity index (χ0n) is 12.7. The van der Waals surface area contributed by atoms with Crippen LogP contribution in [0.5, 0.6) is 0 Å². The zero-order chi connectivity index (χ0) is 13.8. The van der Waals surface area contributed by atoms with Crippen LogP contribution in [0.2, 0.25) is 0 Å². The Morgan fingerprint density at radius 3 is 2.16 bits per heavy atom. The number of hydroxylamine groups is 2. The summed E-state index contributed by atoms with van der Waals surface area (Å²) in [5.41, 5.74) is 0. The van der Waals surface area contributed by atoms with Gasteiger partial charge in [-0.2, -0.15) is 0 Å². The minimum Gasteiger partial charge on any atom is -0.273 e. The summed E-state index contributed by atoms with van der Waals surface area (Å²) in [5, 5.41) is 1.58. The third-order valence-electron chi connectivity index (χ3n) is 3.78. The standard InChI is InChI=1S/C16H31NO2/c1-2-3-4-5-6-7-8-9-10-13-16(18)17-14-11-12-15-19-17/h2-15H2,1H3. The molecule has 1 amide bonds. The van der Waals surface area contributed by atoms with Crippen LogP contribution < -0.4 is 0 Å². The Morgan fingerprint density at radius 1 is 0.947 bits per heavy atom. The van der Waals surface area contributed by atoms with Gasteiger partial charge in [0.2, 0.25) is 5.91 Å². The fourth-order valence-electron chi connectivity index (χ4n) is 2.51. The molecular formula is C16H31NO2. The van der Waals surface area contributed by atoms with Gasteiger partial charge in [-0.25, -0.2) is 5.06 Å². The molecule has 0 aliphatic carbocycles. The van der Waals surface area contributed by atoms with E-state index in [1.54, 1.807) is 5.06 Å². The fourth-order valence-corrected chi connectivity index (χ4v) is 2.51. The maximum absolute atomic E-state index is 11.8. The number of hydrogen-bond donors (Lipinski definition) is 0. The topological polar surface area (TPSA) is 29.5 Å². The van der Waals surface area contributed by atoms with Crippen molar-refractivity contribution in [2.45, 2.75) is 84.0 Å². The van der Waals surface area contributed by atoms with Gasteiger partial charge in [0, 0.05) is 13.0 Å². The predicted octanol–water partition coefficient (Wildman–Crippen LogP) is 4.46. The second-order valence-corrected chi connectivity index (χ2v) is 5.61. The average Bonchev–Trinajstić information content (AvgIpc) is 2.46. The van der Waals surface area contributed by atoms with Crippen LogP contribution in [0.1, 0.15) is 84.0 Å². The van der Waals surface area contributed by atoms with E-state index < -0.39 is 0 Å². The highest BCUT2D eigenvalue weighted by atomic mass is 16.7.